The van der Waals surface area contributed by atoms with Crippen LogP contribution in [0.3, 0.4) is 0 Å². The van der Waals surface area contributed by atoms with Crippen LogP contribution in [0.25, 0.3) is 6.08 Å². The third-order valence-corrected chi connectivity index (χ3v) is 4.29. The maximum Gasteiger partial charge on any atom is 0.293 e. The van der Waals surface area contributed by atoms with Crippen LogP contribution in [0.2, 0.25) is 5.02 Å². The monoisotopic (exact) mass is 341 g/mol. The van der Waals surface area contributed by atoms with Crippen LogP contribution in [-0.2, 0) is 4.79 Å². The molecule has 1 aromatic rings. The minimum Gasteiger partial charge on any atom is -0.493 e. The molecule has 5 nitrogen and oxygen atoms in total. The van der Waals surface area contributed by atoms with Crippen molar-refractivity contribution >= 4 is 40.6 Å². The largest absolute Gasteiger partial charge is 0.493 e. The van der Waals surface area contributed by atoms with Crippen LogP contribution < -0.4 is 9.47 Å². The molecule has 0 N–H and O–H groups in total. The summed E-state index contributed by atoms with van der Waals surface area (Å²) in [5.41, 5.74) is 0.604. The van der Waals surface area contributed by atoms with Crippen LogP contribution in [0.4, 0.5) is 4.79 Å². The van der Waals surface area contributed by atoms with Gasteiger partial charge in [-0.3, -0.25) is 14.5 Å². The molecule has 118 valence electrons. The number of halogens is 1. The van der Waals surface area contributed by atoms with E-state index in [4.69, 9.17) is 21.1 Å². The van der Waals surface area contributed by atoms with Gasteiger partial charge in [0.25, 0.3) is 11.1 Å². The summed E-state index contributed by atoms with van der Waals surface area (Å²) in [5, 5.41) is 0.150. The number of likely N-dealkylation sites (N-methyl/N-ethyl adjacent to an activating group) is 1. The van der Waals surface area contributed by atoms with Crippen molar-refractivity contribution in [2.24, 2.45) is 0 Å². The van der Waals surface area contributed by atoms with E-state index in [0.29, 0.717) is 40.1 Å². The number of hydrogen-bond acceptors (Lipinski definition) is 5. The third-order valence-electron chi connectivity index (χ3n) is 3.06. The average Bonchev–Trinajstić information content (AvgIpc) is 2.76. The Hall–Kier alpha value is -1.66. The van der Waals surface area contributed by atoms with Gasteiger partial charge in [0.15, 0.2) is 11.5 Å². The fourth-order valence-electron chi connectivity index (χ4n) is 2.00. The zero-order valence-corrected chi connectivity index (χ0v) is 14.1. The van der Waals surface area contributed by atoms with E-state index in [0.717, 1.165) is 11.8 Å². The van der Waals surface area contributed by atoms with Crippen LogP contribution in [0.1, 0.15) is 19.4 Å². The van der Waals surface area contributed by atoms with Gasteiger partial charge >= 0.3 is 0 Å². The van der Waals surface area contributed by atoms with E-state index in [-0.39, 0.29) is 11.1 Å². The molecule has 1 heterocycles. The summed E-state index contributed by atoms with van der Waals surface area (Å²) in [6.45, 7) is 4.44. The number of hydrogen-bond donors (Lipinski definition) is 0. The minimum absolute atomic E-state index is 0.270. The molecule has 2 amide bonds. The molecule has 0 atom stereocenters. The minimum atomic E-state index is -0.303. The normalized spacial score (nSPS) is 16.5. The number of carbonyl (C=O) groups excluding carboxylic acids is 2. The Kier molecular flexibility index (Phi) is 5.37. The zero-order valence-electron chi connectivity index (χ0n) is 12.5. The molecule has 0 bridgehead atoms. The summed E-state index contributed by atoms with van der Waals surface area (Å²) >= 11 is 7.12. The third kappa shape index (κ3) is 3.23. The average molecular weight is 342 g/mol. The van der Waals surface area contributed by atoms with Gasteiger partial charge in [0.05, 0.1) is 23.6 Å². The highest BCUT2D eigenvalue weighted by Crippen LogP contribution is 2.37. The second kappa shape index (κ2) is 7.07. The lowest BCUT2D eigenvalue weighted by molar-refractivity contribution is -0.122. The quantitative estimate of drug-likeness (QED) is 0.762. The molecule has 2 rings (SSSR count). The van der Waals surface area contributed by atoms with E-state index in [2.05, 4.69) is 0 Å². The van der Waals surface area contributed by atoms with Crippen molar-refractivity contribution in [3.63, 3.8) is 0 Å². The molecule has 1 fully saturated rings. The van der Waals surface area contributed by atoms with Crippen molar-refractivity contribution in [2.45, 2.75) is 13.8 Å². The first kappa shape index (κ1) is 16.7. The molecule has 1 aliphatic heterocycles. The number of imide groups is 1. The Labute approximate surface area is 138 Å². The molecule has 7 heteroatoms. The van der Waals surface area contributed by atoms with Crippen LogP contribution in [-0.4, -0.2) is 36.3 Å². The Morgan fingerprint density at radius 2 is 2.00 bits per heavy atom. The fraction of sp³-hybridized carbons (Fsp3) is 0.333. The van der Waals surface area contributed by atoms with Gasteiger partial charge in [0.1, 0.15) is 0 Å². The highest BCUT2D eigenvalue weighted by atomic mass is 35.5. The highest BCUT2D eigenvalue weighted by Gasteiger charge is 2.33. The van der Waals surface area contributed by atoms with Crippen molar-refractivity contribution < 1.29 is 19.1 Å². The van der Waals surface area contributed by atoms with Crippen LogP contribution in [0.5, 0.6) is 11.5 Å². The molecule has 1 saturated heterocycles. The number of carbonyl (C=O) groups is 2. The van der Waals surface area contributed by atoms with Crippen molar-refractivity contribution in [1.29, 1.82) is 0 Å². The first-order valence-corrected chi connectivity index (χ1v) is 7.96. The van der Waals surface area contributed by atoms with E-state index in [9.17, 15) is 9.59 Å². The number of rotatable bonds is 5. The van der Waals surface area contributed by atoms with Gasteiger partial charge in [0, 0.05) is 12.6 Å². The Balaban J connectivity index is 2.41. The topological polar surface area (TPSA) is 55.8 Å². The summed E-state index contributed by atoms with van der Waals surface area (Å²) in [6.07, 6.45) is 1.60. The van der Waals surface area contributed by atoms with E-state index < -0.39 is 0 Å². The number of methoxy groups -OCH3 is 1. The lowest BCUT2D eigenvalue weighted by atomic mass is 10.1. The lowest BCUT2D eigenvalue weighted by Crippen LogP contribution is -2.27. The predicted octanol–water partition coefficient (Wildman–Crippen LogP) is 3.80. The molecule has 22 heavy (non-hydrogen) atoms. The van der Waals surface area contributed by atoms with Crippen molar-refractivity contribution in [2.75, 3.05) is 20.3 Å². The number of benzene rings is 1. The molecular weight excluding hydrogens is 326 g/mol. The summed E-state index contributed by atoms with van der Waals surface area (Å²) < 4.78 is 10.7. The number of ether oxygens (including phenoxy) is 2. The maximum absolute atomic E-state index is 12.1. The summed E-state index contributed by atoms with van der Waals surface area (Å²) in [6, 6.07) is 3.33. The van der Waals surface area contributed by atoms with Crippen molar-refractivity contribution in [3.8, 4) is 11.5 Å². The number of thioether (sulfide) groups is 1. The Morgan fingerprint density at radius 3 is 2.55 bits per heavy atom. The first-order valence-electron chi connectivity index (χ1n) is 6.77. The van der Waals surface area contributed by atoms with Gasteiger partial charge in [0.2, 0.25) is 0 Å². The molecule has 1 aliphatic rings. The molecule has 0 aliphatic carbocycles. The van der Waals surface area contributed by atoms with Gasteiger partial charge in [-0.15, -0.1) is 0 Å². The molecule has 0 spiro atoms. The van der Waals surface area contributed by atoms with Crippen molar-refractivity contribution in [1.82, 2.24) is 4.90 Å². The first-order chi connectivity index (χ1) is 10.5. The van der Waals surface area contributed by atoms with E-state index in [1.54, 1.807) is 25.1 Å². The van der Waals surface area contributed by atoms with Crippen LogP contribution in [0.15, 0.2) is 17.0 Å². The second-order valence-electron chi connectivity index (χ2n) is 4.38. The van der Waals surface area contributed by atoms with Crippen LogP contribution in [0, 0.1) is 0 Å². The summed E-state index contributed by atoms with van der Waals surface area (Å²) in [4.78, 5) is 25.4. The van der Waals surface area contributed by atoms with Gasteiger partial charge in [-0.05, 0) is 43.3 Å². The standard InChI is InChI=1S/C15H16ClNO4S/c1-4-17-14(18)13(22-15(17)19)7-9-6-12(21-5-2)11(20-3)8-10(9)16/h6-8H,4-5H2,1-3H3. The zero-order chi connectivity index (χ0) is 16.3. The van der Waals surface area contributed by atoms with Crippen molar-refractivity contribution in [3.05, 3.63) is 27.6 Å². The summed E-state index contributed by atoms with van der Waals surface area (Å²) in [7, 11) is 1.53. The van der Waals surface area contributed by atoms with Gasteiger partial charge in [-0.1, -0.05) is 11.6 Å². The molecule has 1 aromatic carbocycles. The van der Waals surface area contributed by atoms with E-state index in [1.165, 1.54) is 12.0 Å². The molecule has 0 saturated carbocycles. The van der Waals surface area contributed by atoms with E-state index in [1.807, 2.05) is 6.92 Å². The second-order valence-corrected chi connectivity index (χ2v) is 5.78. The fourth-order valence-corrected chi connectivity index (χ4v) is 3.11. The predicted molar refractivity (Wildman–Crippen MR) is 87.5 cm³/mol. The Bertz CT molecular complexity index is 645. The summed E-state index contributed by atoms with van der Waals surface area (Å²) in [5.74, 6) is 0.753. The maximum atomic E-state index is 12.1. The molecule has 0 unspecified atom stereocenters. The smallest absolute Gasteiger partial charge is 0.293 e. The van der Waals surface area contributed by atoms with Gasteiger partial charge in [-0.25, -0.2) is 0 Å². The number of amides is 2. The molecule has 0 aromatic heterocycles. The number of nitrogens with zero attached hydrogens (tertiary/aromatic N) is 1. The SMILES string of the molecule is CCOc1cc(C=C2SC(=O)N(CC)C2=O)c(Cl)cc1OC. The lowest BCUT2D eigenvalue weighted by Gasteiger charge is -2.11. The highest BCUT2D eigenvalue weighted by molar-refractivity contribution is 8.18. The van der Waals surface area contributed by atoms with E-state index >= 15 is 0 Å². The van der Waals surface area contributed by atoms with Gasteiger partial charge in [-0.2, -0.15) is 0 Å². The van der Waals surface area contributed by atoms with Crippen LogP contribution >= 0.6 is 23.4 Å². The molecule has 0 radical (unpaired) electrons. The van der Waals surface area contributed by atoms with Gasteiger partial charge < -0.3 is 9.47 Å². The molecular formula is C15H16ClNO4S. The Morgan fingerprint density at radius 1 is 1.27 bits per heavy atom.